The summed E-state index contributed by atoms with van der Waals surface area (Å²) in [5.41, 5.74) is 2.05. The summed E-state index contributed by atoms with van der Waals surface area (Å²) >= 11 is 0. The Morgan fingerprint density at radius 3 is 3.00 bits per heavy atom. The summed E-state index contributed by atoms with van der Waals surface area (Å²) in [5.74, 6) is 0.844. The van der Waals surface area contributed by atoms with E-state index in [1.54, 1.807) is 7.11 Å². The maximum Gasteiger partial charge on any atom is 0.145 e. The van der Waals surface area contributed by atoms with Crippen LogP contribution in [0, 0.1) is 0 Å². The molecule has 0 aliphatic carbocycles. The van der Waals surface area contributed by atoms with E-state index in [-0.39, 0.29) is 0 Å². The van der Waals surface area contributed by atoms with Crippen LogP contribution in [0.25, 0.3) is 10.9 Å². The Bertz CT molecular complexity index is 608. The number of hydrogen-bond acceptors (Lipinski definition) is 4. The molecule has 1 aromatic heterocycles. The van der Waals surface area contributed by atoms with Crippen LogP contribution in [0.1, 0.15) is 18.5 Å². The Hall–Kier alpha value is -1.65. The molecule has 1 saturated heterocycles. The molecule has 1 aromatic carbocycles. The quantitative estimate of drug-likeness (QED) is 0.936. The van der Waals surface area contributed by atoms with Gasteiger partial charge in [-0.15, -0.1) is 0 Å². The second kappa shape index (κ2) is 6.41. The number of hydrogen-bond donors (Lipinski definition) is 1. The number of benzene rings is 1. The van der Waals surface area contributed by atoms with Crippen molar-refractivity contribution >= 4 is 10.9 Å². The molecule has 1 N–H and O–H groups in total. The van der Waals surface area contributed by atoms with Crippen molar-refractivity contribution in [1.29, 1.82) is 0 Å². The summed E-state index contributed by atoms with van der Waals surface area (Å²) < 4.78 is 5.42. The van der Waals surface area contributed by atoms with E-state index in [9.17, 15) is 0 Å². The average molecular weight is 285 g/mol. The summed E-state index contributed by atoms with van der Waals surface area (Å²) in [6, 6.07) is 10.9. The van der Waals surface area contributed by atoms with E-state index in [1.807, 2.05) is 12.1 Å². The van der Waals surface area contributed by atoms with Crippen LogP contribution in [-0.4, -0.2) is 43.2 Å². The van der Waals surface area contributed by atoms with Gasteiger partial charge in [0.1, 0.15) is 11.3 Å². The van der Waals surface area contributed by atoms with Gasteiger partial charge in [0.05, 0.1) is 12.8 Å². The first-order valence-corrected chi connectivity index (χ1v) is 7.61. The first-order valence-electron chi connectivity index (χ1n) is 7.61. The van der Waals surface area contributed by atoms with Gasteiger partial charge in [0.15, 0.2) is 0 Å². The molecule has 4 heteroatoms. The third kappa shape index (κ3) is 3.17. The average Bonchev–Trinajstić information content (AvgIpc) is 2.55. The van der Waals surface area contributed by atoms with Crippen LogP contribution < -0.4 is 10.1 Å². The van der Waals surface area contributed by atoms with E-state index in [0.717, 1.165) is 42.0 Å². The lowest BCUT2D eigenvalue weighted by Gasteiger charge is -2.31. The van der Waals surface area contributed by atoms with Crippen molar-refractivity contribution in [2.45, 2.75) is 25.4 Å². The van der Waals surface area contributed by atoms with Crippen molar-refractivity contribution in [3.05, 3.63) is 36.0 Å². The number of rotatable bonds is 4. The topological polar surface area (TPSA) is 37.4 Å². The number of piperidine rings is 1. The minimum atomic E-state index is 0.605. The fraction of sp³-hybridized carbons (Fsp3) is 0.471. The largest absolute Gasteiger partial charge is 0.494 e. The summed E-state index contributed by atoms with van der Waals surface area (Å²) in [6.07, 6.45) is 2.52. The van der Waals surface area contributed by atoms with E-state index in [1.165, 1.54) is 12.8 Å². The number of ether oxygens (including phenoxy) is 1. The van der Waals surface area contributed by atoms with Gasteiger partial charge in [0.2, 0.25) is 0 Å². The van der Waals surface area contributed by atoms with Gasteiger partial charge in [-0.1, -0.05) is 18.2 Å². The Balaban J connectivity index is 1.80. The Kier molecular flexibility index (Phi) is 4.36. The van der Waals surface area contributed by atoms with E-state index >= 15 is 0 Å². The molecule has 0 amide bonds. The molecule has 1 atom stereocenters. The minimum Gasteiger partial charge on any atom is -0.494 e. The fourth-order valence-electron chi connectivity index (χ4n) is 3.01. The predicted molar refractivity (Wildman–Crippen MR) is 85.7 cm³/mol. The molecule has 4 nitrogen and oxygen atoms in total. The second-order valence-electron chi connectivity index (χ2n) is 5.75. The molecule has 1 unspecified atom stereocenters. The molecule has 1 aliphatic heterocycles. The smallest absolute Gasteiger partial charge is 0.145 e. The molecule has 0 saturated carbocycles. The van der Waals surface area contributed by atoms with E-state index in [4.69, 9.17) is 9.72 Å². The van der Waals surface area contributed by atoms with Crippen LogP contribution in [0.5, 0.6) is 5.75 Å². The molecule has 1 aliphatic rings. The van der Waals surface area contributed by atoms with Crippen LogP contribution in [-0.2, 0) is 6.54 Å². The number of fused-ring (bicyclic) bond motifs is 1. The number of nitrogens with zero attached hydrogens (tertiary/aromatic N) is 2. The minimum absolute atomic E-state index is 0.605. The number of methoxy groups -OCH3 is 1. The van der Waals surface area contributed by atoms with Gasteiger partial charge in [-0.05, 0) is 38.6 Å². The Morgan fingerprint density at radius 2 is 2.24 bits per heavy atom. The Morgan fingerprint density at radius 1 is 1.33 bits per heavy atom. The molecule has 2 heterocycles. The summed E-state index contributed by atoms with van der Waals surface area (Å²) in [7, 11) is 3.88. The van der Waals surface area contributed by atoms with Gasteiger partial charge in [-0.2, -0.15) is 0 Å². The molecule has 0 bridgehead atoms. The summed E-state index contributed by atoms with van der Waals surface area (Å²) in [4.78, 5) is 7.19. The van der Waals surface area contributed by atoms with Crippen LogP contribution in [0.4, 0.5) is 0 Å². The van der Waals surface area contributed by atoms with Crippen LogP contribution >= 0.6 is 0 Å². The molecule has 0 radical (unpaired) electrons. The monoisotopic (exact) mass is 285 g/mol. The van der Waals surface area contributed by atoms with Gasteiger partial charge < -0.3 is 10.1 Å². The zero-order valence-corrected chi connectivity index (χ0v) is 12.8. The first-order chi connectivity index (χ1) is 10.3. The van der Waals surface area contributed by atoms with Crippen molar-refractivity contribution in [3.63, 3.8) is 0 Å². The molecular formula is C17H23N3O. The van der Waals surface area contributed by atoms with E-state index < -0.39 is 0 Å². The third-order valence-corrected chi connectivity index (χ3v) is 4.27. The molecule has 2 aromatic rings. The predicted octanol–water partition coefficient (Wildman–Crippen LogP) is 2.43. The van der Waals surface area contributed by atoms with E-state index in [0.29, 0.717) is 6.04 Å². The van der Waals surface area contributed by atoms with Gasteiger partial charge >= 0.3 is 0 Å². The Labute approximate surface area is 126 Å². The third-order valence-electron chi connectivity index (χ3n) is 4.27. The molecule has 0 spiro atoms. The molecule has 21 heavy (non-hydrogen) atoms. The number of nitrogens with one attached hydrogen (secondary N) is 1. The van der Waals surface area contributed by atoms with Crippen LogP contribution in [0.15, 0.2) is 30.3 Å². The SMILES string of the molecule is COc1cccc2ccc(CN(C)C3CCCNC3)nc12. The molecule has 3 rings (SSSR count). The highest BCUT2D eigenvalue weighted by Gasteiger charge is 2.18. The number of likely N-dealkylation sites (N-methyl/N-ethyl adjacent to an activating group) is 1. The van der Waals surface area contributed by atoms with Crippen LogP contribution in [0.3, 0.4) is 0 Å². The zero-order valence-electron chi connectivity index (χ0n) is 12.8. The molecular weight excluding hydrogens is 262 g/mol. The number of para-hydroxylation sites is 1. The van der Waals surface area contributed by atoms with Gasteiger partial charge in [-0.3, -0.25) is 4.90 Å². The van der Waals surface area contributed by atoms with Crippen molar-refractivity contribution in [1.82, 2.24) is 15.2 Å². The maximum atomic E-state index is 5.42. The van der Waals surface area contributed by atoms with Crippen LogP contribution in [0.2, 0.25) is 0 Å². The highest BCUT2D eigenvalue weighted by molar-refractivity contribution is 5.84. The number of pyridine rings is 1. The van der Waals surface area contributed by atoms with Crippen molar-refractivity contribution in [3.8, 4) is 5.75 Å². The lowest BCUT2D eigenvalue weighted by Crippen LogP contribution is -2.43. The zero-order chi connectivity index (χ0) is 14.7. The second-order valence-corrected chi connectivity index (χ2v) is 5.75. The highest BCUT2D eigenvalue weighted by Crippen LogP contribution is 2.24. The highest BCUT2D eigenvalue weighted by atomic mass is 16.5. The van der Waals surface area contributed by atoms with Crippen molar-refractivity contribution in [2.75, 3.05) is 27.2 Å². The molecule has 1 fully saturated rings. The fourth-order valence-corrected chi connectivity index (χ4v) is 3.01. The van der Waals surface area contributed by atoms with E-state index in [2.05, 4.69) is 35.5 Å². The maximum absolute atomic E-state index is 5.42. The van der Waals surface area contributed by atoms with Crippen molar-refractivity contribution in [2.24, 2.45) is 0 Å². The van der Waals surface area contributed by atoms with Crippen molar-refractivity contribution < 1.29 is 4.74 Å². The lowest BCUT2D eigenvalue weighted by molar-refractivity contribution is 0.194. The summed E-state index contributed by atoms with van der Waals surface area (Å²) in [5, 5.41) is 4.59. The number of aromatic nitrogens is 1. The molecule has 112 valence electrons. The first kappa shape index (κ1) is 14.3. The normalized spacial score (nSPS) is 19.1. The van der Waals surface area contributed by atoms with Gasteiger partial charge in [-0.25, -0.2) is 4.98 Å². The summed E-state index contributed by atoms with van der Waals surface area (Å²) in [6.45, 7) is 3.10. The standard InChI is InChI=1S/C17H23N3O/c1-20(15-6-4-10-18-11-15)12-14-9-8-13-5-3-7-16(21-2)17(13)19-14/h3,5,7-9,15,18H,4,6,10-12H2,1-2H3. The lowest BCUT2D eigenvalue weighted by atomic mass is 10.1. The van der Waals surface area contributed by atoms with Gasteiger partial charge in [0.25, 0.3) is 0 Å². The van der Waals surface area contributed by atoms with Gasteiger partial charge in [0, 0.05) is 24.5 Å².